The van der Waals surface area contributed by atoms with Crippen molar-refractivity contribution in [2.45, 2.75) is 11.4 Å². The van der Waals surface area contributed by atoms with Gasteiger partial charge in [0.1, 0.15) is 15.0 Å². The Morgan fingerprint density at radius 3 is 2.62 bits per heavy atom. The molecule has 7 heteroatoms. The Balaban J connectivity index is 1.64. The highest BCUT2D eigenvalue weighted by Gasteiger charge is 2.38. The van der Waals surface area contributed by atoms with Crippen LogP contribution in [0, 0.1) is 0 Å². The third-order valence-corrected chi connectivity index (χ3v) is 7.07. The lowest BCUT2D eigenvalue weighted by Gasteiger charge is -2.16. The van der Waals surface area contributed by atoms with Gasteiger partial charge in [0.05, 0.1) is 24.4 Å². The average Bonchev–Trinajstić information content (AvgIpc) is 3.13. The lowest BCUT2D eigenvalue weighted by atomic mass is 10.2. The van der Waals surface area contributed by atoms with Gasteiger partial charge in [0.15, 0.2) is 0 Å². The molecular formula is C19H16N2O2S3. The van der Waals surface area contributed by atoms with Crippen molar-refractivity contribution in [3.63, 3.8) is 0 Å². The van der Waals surface area contributed by atoms with Crippen LogP contribution < -0.4 is 9.64 Å². The maximum atomic E-state index is 13.0. The lowest BCUT2D eigenvalue weighted by Crippen LogP contribution is -2.28. The van der Waals surface area contributed by atoms with E-state index in [0.717, 1.165) is 26.9 Å². The largest absolute Gasteiger partial charge is 0.497 e. The van der Waals surface area contributed by atoms with Gasteiger partial charge in [-0.3, -0.25) is 9.69 Å². The maximum absolute atomic E-state index is 13.0. The molecule has 26 heavy (non-hydrogen) atoms. The Morgan fingerprint density at radius 1 is 1.12 bits per heavy atom. The summed E-state index contributed by atoms with van der Waals surface area (Å²) in [6, 6.07) is 15.8. The lowest BCUT2D eigenvalue weighted by molar-refractivity contribution is -0.122. The summed E-state index contributed by atoms with van der Waals surface area (Å²) in [6.45, 7) is 0.497. The molecule has 1 fully saturated rings. The van der Waals surface area contributed by atoms with Crippen LogP contribution in [-0.2, 0) is 11.3 Å². The maximum Gasteiger partial charge on any atom is 0.269 e. The second-order valence-electron chi connectivity index (χ2n) is 5.87. The number of benzene rings is 2. The number of anilines is 1. The Bertz CT molecular complexity index is 928. The number of thiocarbonyl (C=S) groups is 1. The van der Waals surface area contributed by atoms with E-state index in [-0.39, 0.29) is 5.91 Å². The fraction of sp³-hybridized carbons (Fsp3) is 0.158. The molecule has 1 saturated heterocycles. The number of nitrogens with zero attached hydrogens (tertiary/aromatic N) is 2. The molecule has 0 radical (unpaired) electrons. The minimum absolute atomic E-state index is 0.0297. The van der Waals surface area contributed by atoms with Crippen LogP contribution in [0.3, 0.4) is 0 Å². The van der Waals surface area contributed by atoms with E-state index in [1.54, 1.807) is 23.8 Å². The molecule has 2 aliphatic heterocycles. The van der Waals surface area contributed by atoms with Crippen molar-refractivity contribution in [1.82, 2.24) is 4.90 Å². The first-order valence-corrected chi connectivity index (χ1v) is 10.0. The van der Waals surface area contributed by atoms with Crippen molar-refractivity contribution in [2.75, 3.05) is 19.1 Å². The summed E-state index contributed by atoms with van der Waals surface area (Å²) in [5, 5.41) is 0.918. The molecule has 2 heterocycles. The summed E-state index contributed by atoms with van der Waals surface area (Å²) in [6.07, 6.45) is 0. The third kappa shape index (κ3) is 3.00. The minimum atomic E-state index is -0.0297. The number of hydrogen-bond acceptors (Lipinski definition) is 6. The second kappa shape index (κ2) is 6.98. The number of carbonyl (C=O) groups excluding carboxylic acids is 1. The van der Waals surface area contributed by atoms with Gasteiger partial charge in [0, 0.05) is 18.0 Å². The van der Waals surface area contributed by atoms with E-state index in [2.05, 4.69) is 0 Å². The van der Waals surface area contributed by atoms with Gasteiger partial charge in [-0.25, -0.2) is 0 Å². The van der Waals surface area contributed by atoms with Gasteiger partial charge in [-0.15, -0.1) is 0 Å². The highest BCUT2D eigenvalue weighted by molar-refractivity contribution is 8.27. The van der Waals surface area contributed by atoms with Gasteiger partial charge < -0.3 is 9.64 Å². The van der Waals surface area contributed by atoms with Crippen molar-refractivity contribution < 1.29 is 9.53 Å². The van der Waals surface area contributed by atoms with Crippen molar-refractivity contribution in [3.05, 3.63) is 64.0 Å². The Hall–Kier alpha value is -1.96. The smallest absolute Gasteiger partial charge is 0.269 e. The Kier molecular flexibility index (Phi) is 4.69. The zero-order valence-corrected chi connectivity index (χ0v) is 16.7. The molecule has 2 aromatic rings. The molecule has 0 bridgehead atoms. The molecular weight excluding hydrogens is 384 g/mol. The number of amides is 1. The predicted molar refractivity (Wildman–Crippen MR) is 111 cm³/mol. The topological polar surface area (TPSA) is 32.8 Å². The van der Waals surface area contributed by atoms with Gasteiger partial charge in [0.2, 0.25) is 0 Å². The van der Waals surface area contributed by atoms with Crippen LogP contribution in [0.15, 0.2) is 63.4 Å². The summed E-state index contributed by atoms with van der Waals surface area (Å²) in [5.41, 5.74) is 2.10. The quantitative estimate of drug-likeness (QED) is 0.559. The van der Waals surface area contributed by atoms with E-state index >= 15 is 0 Å². The number of thioether (sulfide) groups is 2. The van der Waals surface area contributed by atoms with Crippen LogP contribution in [-0.4, -0.2) is 29.3 Å². The molecule has 4 nitrogen and oxygen atoms in total. The van der Waals surface area contributed by atoms with Crippen molar-refractivity contribution >= 4 is 51.7 Å². The molecule has 2 aliphatic rings. The van der Waals surface area contributed by atoms with Gasteiger partial charge in [-0.2, -0.15) is 0 Å². The van der Waals surface area contributed by atoms with E-state index in [4.69, 9.17) is 17.0 Å². The summed E-state index contributed by atoms with van der Waals surface area (Å²) in [7, 11) is 3.62. The van der Waals surface area contributed by atoms with Crippen LogP contribution in [0.4, 0.5) is 5.69 Å². The van der Waals surface area contributed by atoms with Crippen molar-refractivity contribution in [1.29, 1.82) is 0 Å². The molecule has 132 valence electrons. The second-order valence-corrected chi connectivity index (χ2v) is 8.55. The fourth-order valence-corrected chi connectivity index (χ4v) is 5.44. The first-order valence-electron chi connectivity index (χ1n) is 8.00. The summed E-state index contributed by atoms with van der Waals surface area (Å²) in [4.78, 5) is 18.5. The normalized spacial score (nSPS) is 19.3. The van der Waals surface area contributed by atoms with Gasteiger partial charge >= 0.3 is 0 Å². The van der Waals surface area contributed by atoms with Crippen LogP contribution >= 0.6 is 35.7 Å². The van der Waals surface area contributed by atoms with E-state index in [1.807, 2.05) is 60.5 Å². The van der Waals surface area contributed by atoms with E-state index < -0.39 is 0 Å². The van der Waals surface area contributed by atoms with Crippen LogP contribution in [0.5, 0.6) is 5.75 Å². The van der Waals surface area contributed by atoms with E-state index in [9.17, 15) is 4.79 Å². The average molecular weight is 401 g/mol. The molecule has 0 saturated carbocycles. The zero-order valence-electron chi connectivity index (χ0n) is 14.3. The van der Waals surface area contributed by atoms with Gasteiger partial charge in [0.25, 0.3) is 5.91 Å². The van der Waals surface area contributed by atoms with E-state index in [0.29, 0.717) is 15.8 Å². The van der Waals surface area contributed by atoms with Gasteiger partial charge in [-0.1, -0.05) is 66.1 Å². The van der Waals surface area contributed by atoms with Crippen LogP contribution in [0.2, 0.25) is 0 Å². The first-order chi connectivity index (χ1) is 12.6. The minimum Gasteiger partial charge on any atom is -0.497 e. The number of methoxy groups -OCH3 is 1. The fourth-order valence-electron chi connectivity index (χ4n) is 2.88. The van der Waals surface area contributed by atoms with Gasteiger partial charge in [-0.05, 0) is 17.7 Å². The SMILES string of the molecule is COc1ccc2c(c1)N(C)/C(=C1/SC(=S)N(Cc3ccccc3)C1=O)S2. The number of rotatable bonds is 3. The summed E-state index contributed by atoms with van der Waals surface area (Å²) < 4.78 is 5.92. The molecule has 0 spiro atoms. The predicted octanol–water partition coefficient (Wildman–Crippen LogP) is 4.47. The zero-order chi connectivity index (χ0) is 18.3. The highest BCUT2D eigenvalue weighted by atomic mass is 32.2. The van der Waals surface area contributed by atoms with Crippen molar-refractivity contribution in [2.24, 2.45) is 0 Å². The molecule has 1 amide bonds. The molecule has 0 atom stereocenters. The third-order valence-electron chi connectivity index (χ3n) is 4.27. The highest BCUT2D eigenvalue weighted by Crippen LogP contribution is 2.50. The summed E-state index contributed by atoms with van der Waals surface area (Å²) in [5.74, 6) is 0.770. The molecule has 0 aliphatic carbocycles. The standard InChI is InChI=1S/C19H16N2O2S3/c1-20-14-10-13(23-2)8-9-15(14)25-18(20)16-17(22)21(19(24)26-16)11-12-6-4-3-5-7-12/h3-10H,11H2,1-2H3/b18-16-. The monoisotopic (exact) mass is 400 g/mol. The number of fused-ring (bicyclic) bond motifs is 1. The van der Waals surface area contributed by atoms with Crippen LogP contribution in [0.1, 0.15) is 5.56 Å². The molecule has 0 N–H and O–H groups in total. The molecule has 0 aromatic heterocycles. The van der Waals surface area contributed by atoms with Crippen LogP contribution in [0.25, 0.3) is 0 Å². The Labute approximate surface area is 166 Å². The Morgan fingerprint density at radius 2 is 1.88 bits per heavy atom. The number of hydrogen-bond donors (Lipinski definition) is 0. The first kappa shape index (κ1) is 17.5. The van der Waals surface area contributed by atoms with E-state index in [1.165, 1.54) is 11.8 Å². The number of carbonyl (C=O) groups is 1. The molecule has 0 unspecified atom stereocenters. The summed E-state index contributed by atoms with van der Waals surface area (Å²) >= 11 is 8.45. The van der Waals surface area contributed by atoms with Crippen molar-refractivity contribution in [3.8, 4) is 5.75 Å². The number of ether oxygens (including phenoxy) is 1. The molecule has 2 aromatic carbocycles. The molecule has 4 rings (SSSR count).